The van der Waals surface area contributed by atoms with Crippen LogP contribution in [0.25, 0.3) is 11.1 Å². The molecule has 0 spiro atoms. The van der Waals surface area contributed by atoms with E-state index in [4.69, 9.17) is 16.3 Å². The Hall–Kier alpha value is -2.63. The smallest absolute Gasteiger partial charge is 0.341 e. The van der Waals surface area contributed by atoms with E-state index in [-0.39, 0.29) is 5.91 Å². The predicted molar refractivity (Wildman–Crippen MR) is 110 cm³/mol. The first-order valence-electron chi connectivity index (χ1n) is 8.26. The number of rotatable bonds is 4. The minimum Gasteiger partial charge on any atom is -0.465 e. The normalized spacial score (nSPS) is 10.5. The molecule has 0 radical (unpaired) electrons. The highest BCUT2D eigenvalue weighted by atomic mass is 35.5. The van der Waals surface area contributed by atoms with Crippen molar-refractivity contribution in [2.24, 2.45) is 0 Å². The highest BCUT2D eigenvalue weighted by molar-refractivity contribution is 7.17. The summed E-state index contributed by atoms with van der Waals surface area (Å²) in [6, 6.07) is 14.5. The van der Waals surface area contributed by atoms with Crippen LogP contribution in [0.4, 0.5) is 5.00 Å². The number of hydrogen-bond donors (Lipinski definition) is 1. The van der Waals surface area contributed by atoms with E-state index in [0.717, 1.165) is 21.6 Å². The number of carbonyl (C=O) groups excluding carboxylic acids is 2. The molecule has 1 heterocycles. The van der Waals surface area contributed by atoms with Crippen LogP contribution in [-0.2, 0) is 4.74 Å². The van der Waals surface area contributed by atoms with Crippen LogP contribution in [0, 0.1) is 13.8 Å². The van der Waals surface area contributed by atoms with E-state index in [1.807, 2.05) is 38.1 Å². The Morgan fingerprint density at radius 3 is 2.41 bits per heavy atom. The SMILES string of the molecule is COC(=O)c1c(NC(=O)c2cccc(Cl)c2)sc(C)c1-c1ccc(C)cc1. The number of amides is 1. The van der Waals surface area contributed by atoms with Crippen LogP contribution in [0.15, 0.2) is 48.5 Å². The number of benzene rings is 2. The number of hydrogen-bond acceptors (Lipinski definition) is 4. The highest BCUT2D eigenvalue weighted by Gasteiger charge is 2.25. The third kappa shape index (κ3) is 4.04. The van der Waals surface area contributed by atoms with E-state index in [9.17, 15) is 9.59 Å². The molecule has 3 aromatic rings. The molecule has 6 heteroatoms. The Balaban J connectivity index is 2.05. The molecule has 138 valence electrons. The van der Waals surface area contributed by atoms with Gasteiger partial charge in [-0.2, -0.15) is 0 Å². The Bertz CT molecular complexity index is 1010. The molecule has 0 fully saturated rings. The lowest BCUT2D eigenvalue weighted by Gasteiger charge is -2.09. The van der Waals surface area contributed by atoms with Crippen molar-refractivity contribution >= 4 is 39.8 Å². The average Bonchev–Trinajstić information content (AvgIpc) is 2.97. The second kappa shape index (κ2) is 7.94. The fourth-order valence-corrected chi connectivity index (χ4v) is 4.05. The van der Waals surface area contributed by atoms with Gasteiger partial charge in [-0.05, 0) is 37.6 Å². The zero-order chi connectivity index (χ0) is 19.6. The summed E-state index contributed by atoms with van der Waals surface area (Å²) in [5.74, 6) is -0.823. The van der Waals surface area contributed by atoms with Crippen molar-refractivity contribution < 1.29 is 14.3 Å². The molecule has 3 rings (SSSR count). The van der Waals surface area contributed by atoms with Crippen molar-refractivity contribution in [3.8, 4) is 11.1 Å². The van der Waals surface area contributed by atoms with Crippen molar-refractivity contribution in [2.45, 2.75) is 13.8 Å². The van der Waals surface area contributed by atoms with Gasteiger partial charge in [0.05, 0.1) is 7.11 Å². The molecular weight excluding hydrogens is 382 g/mol. The monoisotopic (exact) mass is 399 g/mol. The largest absolute Gasteiger partial charge is 0.465 e. The van der Waals surface area contributed by atoms with Crippen LogP contribution < -0.4 is 5.32 Å². The Kier molecular flexibility index (Phi) is 5.63. The molecular formula is C21H18ClNO3S. The summed E-state index contributed by atoms with van der Waals surface area (Å²) < 4.78 is 4.98. The maximum atomic E-state index is 12.6. The number of carbonyl (C=O) groups is 2. The molecule has 27 heavy (non-hydrogen) atoms. The number of methoxy groups -OCH3 is 1. The first kappa shape index (κ1) is 19.1. The van der Waals surface area contributed by atoms with Gasteiger partial charge in [0.15, 0.2) is 0 Å². The molecule has 0 bridgehead atoms. The minimum absolute atomic E-state index is 0.334. The van der Waals surface area contributed by atoms with E-state index in [1.54, 1.807) is 24.3 Å². The average molecular weight is 400 g/mol. The van der Waals surface area contributed by atoms with Gasteiger partial charge in [-0.15, -0.1) is 11.3 Å². The summed E-state index contributed by atoms with van der Waals surface area (Å²) in [4.78, 5) is 26.0. The zero-order valence-corrected chi connectivity index (χ0v) is 16.7. The maximum absolute atomic E-state index is 12.6. The van der Waals surface area contributed by atoms with E-state index >= 15 is 0 Å². The van der Waals surface area contributed by atoms with Gasteiger partial charge in [0.2, 0.25) is 0 Å². The maximum Gasteiger partial charge on any atom is 0.341 e. The molecule has 0 atom stereocenters. The van der Waals surface area contributed by atoms with E-state index in [2.05, 4.69) is 5.32 Å². The van der Waals surface area contributed by atoms with Crippen molar-refractivity contribution in [3.63, 3.8) is 0 Å². The van der Waals surface area contributed by atoms with E-state index in [1.165, 1.54) is 18.4 Å². The summed E-state index contributed by atoms with van der Waals surface area (Å²) in [5, 5.41) is 3.76. The standard InChI is InChI=1S/C21H18ClNO3S/c1-12-7-9-14(10-8-12)17-13(2)27-20(18(17)21(25)26-3)23-19(24)15-5-4-6-16(22)11-15/h4-11H,1-3H3,(H,23,24). The lowest BCUT2D eigenvalue weighted by atomic mass is 10.0. The number of thiophene rings is 1. The number of anilines is 1. The third-order valence-corrected chi connectivity index (χ3v) is 5.38. The van der Waals surface area contributed by atoms with Gasteiger partial charge in [-0.25, -0.2) is 4.79 Å². The summed E-state index contributed by atoms with van der Waals surface area (Å²) >= 11 is 7.31. The molecule has 0 saturated carbocycles. The summed E-state index contributed by atoms with van der Waals surface area (Å²) in [7, 11) is 1.33. The van der Waals surface area contributed by atoms with Crippen LogP contribution in [0.5, 0.6) is 0 Å². The van der Waals surface area contributed by atoms with Crippen molar-refractivity contribution in [1.29, 1.82) is 0 Å². The summed E-state index contributed by atoms with van der Waals surface area (Å²) in [6.07, 6.45) is 0. The van der Waals surface area contributed by atoms with Crippen molar-refractivity contribution in [1.82, 2.24) is 0 Å². The predicted octanol–water partition coefficient (Wildman–Crippen LogP) is 5.72. The highest BCUT2D eigenvalue weighted by Crippen LogP contribution is 2.40. The van der Waals surface area contributed by atoms with Crippen LogP contribution in [0.3, 0.4) is 0 Å². The quantitative estimate of drug-likeness (QED) is 0.570. The van der Waals surface area contributed by atoms with Gasteiger partial charge in [-0.3, -0.25) is 4.79 Å². The van der Waals surface area contributed by atoms with E-state index in [0.29, 0.717) is 21.2 Å². The summed E-state index contributed by atoms with van der Waals surface area (Å²) in [5.41, 5.74) is 3.58. The van der Waals surface area contributed by atoms with Crippen LogP contribution >= 0.6 is 22.9 Å². The molecule has 2 aromatic carbocycles. The minimum atomic E-state index is -0.490. The third-order valence-electron chi connectivity index (χ3n) is 4.13. The fraction of sp³-hybridized carbons (Fsp3) is 0.143. The molecule has 0 saturated heterocycles. The topological polar surface area (TPSA) is 55.4 Å². The molecule has 0 aliphatic rings. The molecule has 0 unspecified atom stereocenters. The molecule has 0 aliphatic heterocycles. The molecule has 4 nitrogen and oxygen atoms in total. The lowest BCUT2D eigenvalue weighted by Crippen LogP contribution is -2.14. The van der Waals surface area contributed by atoms with Gasteiger partial charge in [0.25, 0.3) is 5.91 Å². The number of nitrogens with one attached hydrogen (secondary N) is 1. The zero-order valence-electron chi connectivity index (χ0n) is 15.1. The Morgan fingerprint density at radius 2 is 1.78 bits per heavy atom. The summed E-state index contributed by atoms with van der Waals surface area (Å²) in [6.45, 7) is 3.92. The van der Waals surface area contributed by atoms with Gasteiger partial charge < -0.3 is 10.1 Å². The first-order chi connectivity index (χ1) is 12.9. The van der Waals surface area contributed by atoms with Gasteiger partial charge in [0.1, 0.15) is 10.6 Å². The van der Waals surface area contributed by atoms with Gasteiger partial charge in [-0.1, -0.05) is 47.5 Å². The van der Waals surface area contributed by atoms with Crippen molar-refractivity contribution in [2.75, 3.05) is 12.4 Å². The number of esters is 1. The van der Waals surface area contributed by atoms with E-state index < -0.39 is 5.97 Å². The number of halogens is 1. The number of ether oxygens (including phenoxy) is 1. The lowest BCUT2D eigenvalue weighted by molar-refractivity contribution is 0.0603. The molecule has 0 aliphatic carbocycles. The fourth-order valence-electron chi connectivity index (χ4n) is 2.80. The molecule has 1 aromatic heterocycles. The molecule has 1 N–H and O–H groups in total. The number of aryl methyl sites for hydroxylation is 2. The van der Waals surface area contributed by atoms with Crippen LogP contribution in [-0.4, -0.2) is 19.0 Å². The molecule has 1 amide bonds. The van der Waals surface area contributed by atoms with Crippen LogP contribution in [0.2, 0.25) is 5.02 Å². The Labute approximate surface area is 166 Å². The Morgan fingerprint density at radius 1 is 1.07 bits per heavy atom. The van der Waals surface area contributed by atoms with Gasteiger partial charge >= 0.3 is 5.97 Å². The second-order valence-electron chi connectivity index (χ2n) is 6.06. The van der Waals surface area contributed by atoms with Gasteiger partial charge in [0, 0.05) is 21.0 Å². The van der Waals surface area contributed by atoms with Crippen LogP contribution in [0.1, 0.15) is 31.2 Å². The second-order valence-corrected chi connectivity index (χ2v) is 7.72. The van der Waals surface area contributed by atoms with Crippen molar-refractivity contribution in [3.05, 3.63) is 75.1 Å². The first-order valence-corrected chi connectivity index (χ1v) is 9.46.